The number of ether oxygens (including phenoxy) is 1. The maximum Gasteiger partial charge on any atom is 0.387 e. The molecule has 0 saturated carbocycles. The number of thiazole rings is 1. The third kappa shape index (κ3) is 8.70. The van der Waals surface area contributed by atoms with Crippen LogP contribution in [-0.2, 0) is 4.79 Å². The first-order chi connectivity index (χ1) is 22.4. The second-order valence-electron chi connectivity index (χ2n) is 11.1. The second kappa shape index (κ2) is 15.9. The number of amides is 2. The minimum Gasteiger partial charge on any atom is -0.434 e. The Labute approximate surface area is 282 Å². The van der Waals surface area contributed by atoms with E-state index in [2.05, 4.69) is 42.5 Å². The van der Waals surface area contributed by atoms with Crippen LogP contribution in [-0.4, -0.2) is 91.6 Å². The molecule has 248 valence electrons. The van der Waals surface area contributed by atoms with Crippen LogP contribution in [0.4, 0.5) is 13.8 Å². The van der Waals surface area contributed by atoms with Gasteiger partial charge in [0.15, 0.2) is 0 Å². The topological polar surface area (TPSA) is 90.4 Å². The summed E-state index contributed by atoms with van der Waals surface area (Å²) in [5, 5.41) is 3.83. The number of piperidine rings is 1. The van der Waals surface area contributed by atoms with Crippen molar-refractivity contribution in [2.45, 2.75) is 25.5 Å². The number of hydrogen-bond acceptors (Lipinski definition) is 8. The van der Waals surface area contributed by atoms with Crippen molar-refractivity contribution in [3.05, 3.63) is 89.8 Å². The summed E-state index contributed by atoms with van der Waals surface area (Å²) in [5.74, 6) is -0.452. The van der Waals surface area contributed by atoms with E-state index in [-0.39, 0.29) is 38.5 Å². The summed E-state index contributed by atoms with van der Waals surface area (Å²) in [6.45, 7) is 5.67. The number of rotatable bonds is 12. The van der Waals surface area contributed by atoms with E-state index in [1.807, 2.05) is 4.90 Å². The number of hydrogen-bond donors (Lipinski definition) is 1. The summed E-state index contributed by atoms with van der Waals surface area (Å²) in [6.07, 6.45) is 6.12. The molecule has 1 aliphatic rings. The largest absolute Gasteiger partial charge is 0.434 e. The van der Waals surface area contributed by atoms with E-state index in [1.165, 1.54) is 36.6 Å². The number of aromatic nitrogens is 1. The van der Waals surface area contributed by atoms with Crippen molar-refractivity contribution in [3.63, 3.8) is 0 Å². The molecule has 1 N–H and O–H groups in total. The van der Waals surface area contributed by atoms with Crippen molar-refractivity contribution in [3.8, 4) is 27.6 Å². The lowest BCUT2D eigenvalue weighted by molar-refractivity contribution is -0.112. The van der Waals surface area contributed by atoms with E-state index in [0.717, 1.165) is 24.2 Å². The number of carbonyl (C=O) groups is 2. The Morgan fingerprint density at radius 3 is 2.38 bits per heavy atom. The van der Waals surface area contributed by atoms with E-state index in [1.54, 1.807) is 43.3 Å². The van der Waals surface area contributed by atoms with Crippen LogP contribution >= 0.6 is 22.9 Å². The average molecular weight is 683 g/mol. The maximum atomic E-state index is 13.6. The highest BCUT2D eigenvalue weighted by Gasteiger charge is 2.26. The second-order valence-corrected chi connectivity index (χ2v) is 12.5. The summed E-state index contributed by atoms with van der Waals surface area (Å²) in [6, 6.07) is 11.6. The molecule has 3 aromatic rings. The number of benzene rings is 2. The van der Waals surface area contributed by atoms with Gasteiger partial charge in [0.05, 0.1) is 5.57 Å². The molecule has 0 unspecified atom stereocenters. The predicted molar refractivity (Wildman–Crippen MR) is 185 cm³/mol. The maximum absolute atomic E-state index is 13.6. The average Bonchev–Trinajstić information content (AvgIpc) is 3.46. The molecule has 47 heavy (non-hydrogen) atoms. The number of nitrogens with one attached hydrogen (secondary N) is 1. The highest BCUT2D eigenvalue weighted by Crippen LogP contribution is 2.43. The Kier molecular flexibility index (Phi) is 12.0. The minimum atomic E-state index is -3.11. The van der Waals surface area contributed by atoms with E-state index in [9.17, 15) is 18.4 Å². The molecule has 2 aromatic carbocycles. The molecule has 1 aliphatic heterocycles. The molecule has 1 fully saturated rings. The first-order valence-electron chi connectivity index (χ1n) is 14.8. The number of alkyl halides is 2. The van der Waals surface area contributed by atoms with Gasteiger partial charge in [-0.15, -0.1) is 0 Å². The zero-order chi connectivity index (χ0) is 34.2. The first-order valence-corrected chi connectivity index (χ1v) is 15.9. The van der Waals surface area contributed by atoms with Gasteiger partial charge in [-0.2, -0.15) is 8.78 Å². The van der Waals surface area contributed by atoms with Gasteiger partial charge in [0.2, 0.25) is 0 Å². The summed E-state index contributed by atoms with van der Waals surface area (Å²) >= 11 is 7.40. The van der Waals surface area contributed by atoms with Crippen molar-refractivity contribution in [1.82, 2.24) is 19.7 Å². The fraction of sp³-hybridized carbons (Fsp3) is 0.294. The van der Waals surface area contributed by atoms with Crippen LogP contribution in [0.3, 0.4) is 0 Å². The van der Waals surface area contributed by atoms with Crippen LogP contribution in [0.15, 0.2) is 84.2 Å². The summed E-state index contributed by atoms with van der Waals surface area (Å²) < 4.78 is 31.6. The van der Waals surface area contributed by atoms with Gasteiger partial charge >= 0.3 is 6.61 Å². The van der Waals surface area contributed by atoms with Gasteiger partial charge < -0.3 is 24.8 Å². The van der Waals surface area contributed by atoms with Gasteiger partial charge in [0, 0.05) is 61.2 Å². The Morgan fingerprint density at radius 2 is 1.81 bits per heavy atom. The normalized spacial score (nSPS) is 14.4. The molecule has 13 heteroatoms. The van der Waals surface area contributed by atoms with Crippen LogP contribution in [0, 0.1) is 0 Å². The van der Waals surface area contributed by atoms with Crippen LogP contribution in [0.2, 0.25) is 5.02 Å². The number of carbonyl (C=O) groups excluding carboxylic acids is 2. The molecule has 0 radical (unpaired) electrons. The van der Waals surface area contributed by atoms with Crippen molar-refractivity contribution in [1.29, 1.82) is 0 Å². The van der Waals surface area contributed by atoms with Crippen LogP contribution in [0.25, 0.3) is 21.8 Å². The monoisotopic (exact) mass is 682 g/mol. The molecule has 1 aromatic heterocycles. The van der Waals surface area contributed by atoms with Gasteiger partial charge in [-0.25, -0.2) is 9.98 Å². The molecule has 0 bridgehead atoms. The molecule has 9 nitrogen and oxygen atoms in total. The number of likely N-dealkylation sites (tertiary alicyclic amines) is 1. The molecule has 0 spiro atoms. The van der Waals surface area contributed by atoms with Gasteiger partial charge in [-0.3, -0.25) is 9.59 Å². The molecule has 1 saturated heterocycles. The fourth-order valence-electron chi connectivity index (χ4n) is 5.13. The number of anilines is 1. The summed E-state index contributed by atoms with van der Waals surface area (Å²) in [4.78, 5) is 41.6. The van der Waals surface area contributed by atoms with Gasteiger partial charge in [-0.1, -0.05) is 60.4 Å². The Morgan fingerprint density at radius 1 is 1.13 bits per heavy atom. The number of allylic oxidation sites excluding steroid dienone is 1. The van der Waals surface area contributed by atoms with Crippen LogP contribution in [0.1, 0.15) is 23.2 Å². The molecule has 2 amide bonds. The Balaban J connectivity index is 1.73. The van der Waals surface area contributed by atoms with Crippen LogP contribution < -0.4 is 10.1 Å². The molecule has 4 rings (SSSR count). The van der Waals surface area contributed by atoms with Crippen molar-refractivity contribution < 1.29 is 23.1 Å². The van der Waals surface area contributed by atoms with E-state index < -0.39 is 12.5 Å². The van der Waals surface area contributed by atoms with Gasteiger partial charge in [0.1, 0.15) is 27.3 Å². The van der Waals surface area contributed by atoms with Crippen molar-refractivity contribution in [2.75, 3.05) is 46.6 Å². The lowest BCUT2D eigenvalue weighted by Crippen LogP contribution is -2.44. The summed E-state index contributed by atoms with van der Waals surface area (Å²) in [7, 11) is 7.55. The number of nitrogens with zero attached hydrogens (tertiary/aromatic N) is 5. The van der Waals surface area contributed by atoms with Gasteiger partial charge in [0.25, 0.3) is 11.8 Å². The Bertz CT molecular complexity index is 1680. The van der Waals surface area contributed by atoms with E-state index in [0.29, 0.717) is 41.1 Å². The molecular weight excluding hydrogens is 646 g/mol. The molecule has 2 heterocycles. The highest BCUT2D eigenvalue weighted by molar-refractivity contribution is 7.19. The predicted octanol–water partition coefficient (Wildman–Crippen LogP) is 7.05. The lowest BCUT2D eigenvalue weighted by atomic mass is 10.0. The Hall–Kier alpha value is -4.39. The zero-order valence-electron chi connectivity index (χ0n) is 26.7. The molecule has 0 atom stereocenters. The highest BCUT2D eigenvalue weighted by atomic mass is 35.5. The summed E-state index contributed by atoms with van der Waals surface area (Å²) in [5.41, 5.74) is 1.68. The van der Waals surface area contributed by atoms with E-state index >= 15 is 0 Å². The SMILES string of the molecule is C=C/C=N\C(=C(\C=C)C(=O)Nc1sc(-c2ccc(C(=O)N3CCC(N(C)C)CC3)cc2)nc1-c1cc(Cl)ccc1OC(F)F)N(C)C. The molecule has 0 aliphatic carbocycles. The molecular formula is C34H37ClF2N6O3S. The number of halogens is 3. The van der Waals surface area contributed by atoms with Gasteiger partial charge in [-0.05, 0) is 57.3 Å². The third-order valence-electron chi connectivity index (χ3n) is 7.54. The van der Waals surface area contributed by atoms with E-state index in [4.69, 9.17) is 21.3 Å². The lowest BCUT2D eigenvalue weighted by Gasteiger charge is -2.35. The standard InChI is InChI=1S/C34H37ClF2N6O3S/c1-7-17-38-29(42(5)6)25(8-2)30(44)40-32-28(26-20-23(35)13-14-27(26)46-34(36)37)39-31(47-32)21-9-11-22(12-10-21)33(45)43-18-15-24(16-19-43)41(3)4/h7-14,17,20,24,34H,1-2,15-16,18-19H2,3-6H3,(H,40,44)/b29-25+,38-17-. The van der Waals surface area contributed by atoms with Crippen molar-refractivity contribution >= 4 is 46.0 Å². The quantitative estimate of drug-likeness (QED) is 0.125. The van der Waals surface area contributed by atoms with Crippen LogP contribution in [0.5, 0.6) is 5.75 Å². The fourth-order valence-corrected chi connectivity index (χ4v) is 6.28. The third-order valence-corrected chi connectivity index (χ3v) is 8.80. The van der Waals surface area contributed by atoms with Crippen molar-refractivity contribution in [2.24, 2.45) is 4.99 Å². The smallest absolute Gasteiger partial charge is 0.387 e. The zero-order valence-corrected chi connectivity index (χ0v) is 28.2. The first kappa shape index (κ1) is 35.5. The number of aliphatic imine (C=N–C) groups is 1. The minimum absolute atomic E-state index is 0.0474.